The molecule has 0 unspecified atom stereocenters. The van der Waals surface area contributed by atoms with Gasteiger partial charge in [0.15, 0.2) is 5.82 Å². The maximum Gasteiger partial charge on any atom is 0.173 e. The highest BCUT2D eigenvalue weighted by Crippen LogP contribution is 2.27. The number of rotatable bonds is 2. The van der Waals surface area contributed by atoms with Crippen LogP contribution in [-0.2, 0) is 0 Å². The largest absolute Gasteiger partial charge is 0.382 e. The number of aromatic amines is 1. The van der Waals surface area contributed by atoms with Gasteiger partial charge in [0.05, 0.1) is 0 Å². The fourth-order valence-corrected chi connectivity index (χ4v) is 2.07. The first-order chi connectivity index (χ1) is 8.74. The van der Waals surface area contributed by atoms with E-state index >= 15 is 0 Å². The average molecular weight is 238 g/mol. The van der Waals surface area contributed by atoms with Crippen LogP contribution >= 0.6 is 0 Å². The second-order valence-electron chi connectivity index (χ2n) is 4.24. The first kappa shape index (κ1) is 10.7. The number of imidazole rings is 1. The zero-order valence-electron chi connectivity index (χ0n) is 10.1. The zero-order chi connectivity index (χ0) is 12.5. The Balaban J connectivity index is 2.07. The average Bonchev–Trinajstić information content (AvgIpc) is 2.68. The highest BCUT2D eigenvalue weighted by Gasteiger charge is 2.06. The van der Waals surface area contributed by atoms with Gasteiger partial charge < -0.3 is 16.0 Å². The SMILES string of the molecule is Cc1nc(Nc2cccc3ccccc23)c(N)[nH]1. The van der Waals surface area contributed by atoms with Gasteiger partial charge in [0, 0.05) is 11.1 Å². The smallest absolute Gasteiger partial charge is 0.173 e. The van der Waals surface area contributed by atoms with Crippen molar-refractivity contribution in [1.29, 1.82) is 0 Å². The van der Waals surface area contributed by atoms with E-state index in [1.54, 1.807) is 0 Å². The van der Waals surface area contributed by atoms with Crippen LogP contribution in [0, 0.1) is 6.92 Å². The highest BCUT2D eigenvalue weighted by molar-refractivity contribution is 5.95. The molecule has 0 aliphatic carbocycles. The second kappa shape index (κ2) is 4.07. The van der Waals surface area contributed by atoms with Gasteiger partial charge in [-0.2, -0.15) is 0 Å². The van der Waals surface area contributed by atoms with Gasteiger partial charge in [0.25, 0.3) is 0 Å². The standard InChI is InChI=1S/C14H14N4/c1-9-16-13(15)14(17-9)18-12-8-4-6-10-5-2-3-7-11(10)12/h2-8,18H,15H2,1H3,(H,16,17). The monoisotopic (exact) mass is 238 g/mol. The molecule has 90 valence electrons. The summed E-state index contributed by atoms with van der Waals surface area (Å²) in [5.74, 6) is 2.03. The minimum Gasteiger partial charge on any atom is -0.382 e. The molecule has 0 fully saturated rings. The molecule has 3 rings (SSSR count). The van der Waals surface area contributed by atoms with Crippen molar-refractivity contribution in [3.05, 3.63) is 48.3 Å². The number of nitrogens with two attached hydrogens (primary N) is 1. The molecule has 3 aromatic rings. The normalized spacial score (nSPS) is 10.7. The van der Waals surface area contributed by atoms with Gasteiger partial charge in [0.2, 0.25) is 0 Å². The maximum absolute atomic E-state index is 5.85. The van der Waals surface area contributed by atoms with E-state index in [0.717, 1.165) is 16.9 Å². The Morgan fingerprint density at radius 2 is 1.89 bits per heavy atom. The van der Waals surface area contributed by atoms with Crippen LogP contribution in [0.15, 0.2) is 42.5 Å². The van der Waals surface area contributed by atoms with Crippen LogP contribution < -0.4 is 11.1 Å². The van der Waals surface area contributed by atoms with Crippen molar-refractivity contribution in [2.24, 2.45) is 0 Å². The molecule has 0 aliphatic heterocycles. The van der Waals surface area contributed by atoms with Gasteiger partial charge >= 0.3 is 0 Å². The number of fused-ring (bicyclic) bond motifs is 1. The molecular formula is C14H14N4. The molecule has 0 radical (unpaired) electrons. The van der Waals surface area contributed by atoms with Crippen LogP contribution in [0.2, 0.25) is 0 Å². The van der Waals surface area contributed by atoms with Crippen LogP contribution in [0.1, 0.15) is 5.82 Å². The molecule has 0 atom stereocenters. The number of nitrogens with zero attached hydrogens (tertiary/aromatic N) is 1. The lowest BCUT2D eigenvalue weighted by atomic mass is 10.1. The van der Waals surface area contributed by atoms with Crippen molar-refractivity contribution in [2.45, 2.75) is 6.92 Å². The summed E-state index contributed by atoms with van der Waals surface area (Å²) in [6, 6.07) is 14.3. The number of aromatic nitrogens is 2. The number of hydrogen-bond donors (Lipinski definition) is 3. The molecule has 0 saturated heterocycles. The summed E-state index contributed by atoms with van der Waals surface area (Å²) in [5.41, 5.74) is 6.86. The lowest BCUT2D eigenvalue weighted by molar-refractivity contribution is 1.15. The molecule has 0 saturated carbocycles. The van der Waals surface area contributed by atoms with Crippen molar-refractivity contribution in [2.75, 3.05) is 11.1 Å². The van der Waals surface area contributed by atoms with E-state index in [0.29, 0.717) is 11.6 Å². The van der Waals surface area contributed by atoms with E-state index in [1.165, 1.54) is 5.39 Å². The summed E-state index contributed by atoms with van der Waals surface area (Å²) < 4.78 is 0. The lowest BCUT2D eigenvalue weighted by Crippen LogP contribution is -1.96. The number of H-pyrrole nitrogens is 1. The van der Waals surface area contributed by atoms with E-state index < -0.39 is 0 Å². The fraction of sp³-hybridized carbons (Fsp3) is 0.0714. The molecule has 4 nitrogen and oxygen atoms in total. The summed E-state index contributed by atoms with van der Waals surface area (Å²) in [6.45, 7) is 1.88. The third kappa shape index (κ3) is 1.78. The van der Waals surface area contributed by atoms with E-state index in [-0.39, 0.29) is 0 Å². The summed E-state index contributed by atoms with van der Waals surface area (Å²) in [5, 5.41) is 5.61. The molecule has 4 N–H and O–H groups in total. The molecule has 1 aromatic heterocycles. The van der Waals surface area contributed by atoms with Crippen LogP contribution in [0.3, 0.4) is 0 Å². The molecule has 1 heterocycles. The molecule has 0 bridgehead atoms. The molecule has 0 amide bonds. The van der Waals surface area contributed by atoms with Crippen LogP contribution in [-0.4, -0.2) is 9.97 Å². The summed E-state index contributed by atoms with van der Waals surface area (Å²) in [4.78, 5) is 7.30. The number of anilines is 3. The predicted molar refractivity (Wildman–Crippen MR) is 75.0 cm³/mol. The number of benzene rings is 2. The van der Waals surface area contributed by atoms with E-state index in [1.807, 2.05) is 31.2 Å². The van der Waals surface area contributed by atoms with Crippen molar-refractivity contribution >= 4 is 28.1 Å². The van der Waals surface area contributed by atoms with Gasteiger partial charge in [-0.15, -0.1) is 0 Å². The fourth-order valence-electron chi connectivity index (χ4n) is 2.07. The Labute approximate surface area is 105 Å². The first-order valence-electron chi connectivity index (χ1n) is 5.81. The summed E-state index contributed by atoms with van der Waals surface area (Å²) in [7, 11) is 0. The third-order valence-electron chi connectivity index (χ3n) is 2.89. The Bertz CT molecular complexity index is 695. The molecule has 0 aliphatic rings. The summed E-state index contributed by atoms with van der Waals surface area (Å²) >= 11 is 0. The van der Waals surface area contributed by atoms with Crippen LogP contribution in [0.4, 0.5) is 17.3 Å². The molecule has 18 heavy (non-hydrogen) atoms. The zero-order valence-corrected chi connectivity index (χ0v) is 10.1. The third-order valence-corrected chi connectivity index (χ3v) is 2.89. The van der Waals surface area contributed by atoms with Crippen molar-refractivity contribution < 1.29 is 0 Å². The highest BCUT2D eigenvalue weighted by atomic mass is 15.1. The minimum absolute atomic E-state index is 0.556. The summed E-state index contributed by atoms with van der Waals surface area (Å²) in [6.07, 6.45) is 0. The van der Waals surface area contributed by atoms with Crippen LogP contribution in [0.5, 0.6) is 0 Å². The van der Waals surface area contributed by atoms with Crippen molar-refractivity contribution in [1.82, 2.24) is 9.97 Å². The minimum atomic E-state index is 0.556. The number of hydrogen-bond acceptors (Lipinski definition) is 3. The number of nitrogens with one attached hydrogen (secondary N) is 2. The maximum atomic E-state index is 5.85. The van der Waals surface area contributed by atoms with Crippen molar-refractivity contribution in [3.8, 4) is 0 Å². The van der Waals surface area contributed by atoms with Gasteiger partial charge in [-0.3, -0.25) is 0 Å². The van der Waals surface area contributed by atoms with Crippen LogP contribution in [0.25, 0.3) is 10.8 Å². The van der Waals surface area contributed by atoms with E-state index in [2.05, 4.69) is 33.5 Å². The predicted octanol–water partition coefficient (Wildman–Crippen LogP) is 3.20. The van der Waals surface area contributed by atoms with Gasteiger partial charge in [-0.25, -0.2) is 4.98 Å². The Morgan fingerprint density at radius 1 is 1.11 bits per heavy atom. The first-order valence-corrected chi connectivity index (χ1v) is 5.81. The topological polar surface area (TPSA) is 66.7 Å². The van der Waals surface area contributed by atoms with Gasteiger partial charge in [-0.05, 0) is 18.4 Å². The van der Waals surface area contributed by atoms with Crippen molar-refractivity contribution in [3.63, 3.8) is 0 Å². The number of aryl methyl sites for hydroxylation is 1. The Morgan fingerprint density at radius 3 is 2.67 bits per heavy atom. The molecular weight excluding hydrogens is 224 g/mol. The molecule has 0 spiro atoms. The van der Waals surface area contributed by atoms with E-state index in [4.69, 9.17) is 5.73 Å². The molecule has 2 aromatic carbocycles. The Hall–Kier alpha value is -2.49. The van der Waals surface area contributed by atoms with E-state index in [9.17, 15) is 0 Å². The molecule has 4 heteroatoms. The van der Waals surface area contributed by atoms with Gasteiger partial charge in [-0.1, -0.05) is 36.4 Å². The van der Waals surface area contributed by atoms with Gasteiger partial charge in [0.1, 0.15) is 11.6 Å². The quantitative estimate of drug-likeness (QED) is 0.642. The number of nitrogen functional groups attached to an aromatic ring is 1. The second-order valence-corrected chi connectivity index (χ2v) is 4.24. The Kier molecular flexibility index (Phi) is 2.41. The lowest BCUT2D eigenvalue weighted by Gasteiger charge is -2.07.